The third-order valence-corrected chi connectivity index (χ3v) is 5.07. The van der Waals surface area contributed by atoms with Gasteiger partial charge in [-0.2, -0.15) is 4.57 Å². The molecule has 118 valence electrons. The number of nitrogens with zero attached hydrogens (tertiary/aromatic N) is 4. The first kappa shape index (κ1) is 13.0. The van der Waals surface area contributed by atoms with Crippen LogP contribution in [0.3, 0.4) is 0 Å². The Balaban J connectivity index is 1.83. The van der Waals surface area contributed by atoms with Crippen LogP contribution in [0.4, 0.5) is 0 Å². The van der Waals surface area contributed by atoms with Crippen LogP contribution in [0.15, 0.2) is 79.3 Å². The van der Waals surface area contributed by atoms with Gasteiger partial charge in [-0.1, -0.05) is 24.3 Å². The van der Waals surface area contributed by atoms with Crippen LogP contribution >= 0.6 is 0 Å². The zero-order chi connectivity index (χ0) is 16.4. The number of rotatable bonds is 1. The number of imidazole rings is 1. The lowest BCUT2D eigenvalue weighted by Crippen LogP contribution is -2.31. The highest BCUT2D eigenvalue weighted by Gasteiger charge is 2.37. The van der Waals surface area contributed by atoms with Crippen molar-refractivity contribution in [2.24, 2.45) is 0 Å². The number of hydrogen-bond donors (Lipinski definition) is 0. The minimum absolute atomic E-state index is 0.816. The summed E-state index contributed by atoms with van der Waals surface area (Å²) < 4.78 is 6.96. The largest absolute Gasteiger partial charge is 0.316 e. The Morgan fingerprint density at radius 1 is 0.880 bits per heavy atom. The molecule has 5 heterocycles. The first-order valence-electron chi connectivity index (χ1n) is 8.45. The van der Waals surface area contributed by atoms with E-state index < -0.39 is 0 Å². The van der Waals surface area contributed by atoms with Gasteiger partial charge in [-0.25, -0.2) is 4.57 Å². The third-order valence-electron chi connectivity index (χ3n) is 5.07. The van der Waals surface area contributed by atoms with Crippen molar-refractivity contribution in [3.05, 3.63) is 84.9 Å². The molecule has 4 heteroatoms. The zero-order valence-corrected chi connectivity index (χ0v) is 13.5. The van der Waals surface area contributed by atoms with Gasteiger partial charge >= 0.3 is 0 Å². The van der Waals surface area contributed by atoms with Crippen LogP contribution in [-0.2, 0) is 6.54 Å². The van der Waals surface area contributed by atoms with E-state index in [0.29, 0.717) is 0 Å². The average Bonchev–Trinajstić information content (AvgIpc) is 3.29. The van der Waals surface area contributed by atoms with Crippen LogP contribution in [0.25, 0.3) is 33.6 Å². The molecule has 0 atom stereocenters. The molecule has 1 aliphatic heterocycles. The number of aromatic nitrogens is 4. The van der Waals surface area contributed by atoms with Gasteiger partial charge in [0.2, 0.25) is 5.52 Å². The van der Waals surface area contributed by atoms with Crippen molar-refractivity contribution < 1.29 is 4.57 Å². The van der Waals surface area contributed by atoms with Crippen molar-refractivity contribution in [2.45, 2.75) is 6.54 Å². The van der Waals surface area contributed by atoms with Crippen molar-refractivity contribution in [1.82, 2.24) is 14.0 Å². The van der Waals surface area contributed by atoms with Crippen LogP contribution in [0.2, 0.25) is 0 Å². The van der Waals surface area contributed by atoms with E-state index >= 15 is 0 Å². The van der Waals surface area contributed by atoms with E-state index in [0.717, 1.165) is 12.2 Å². The first-order chi connectivity index (χ1) is 12.4. The monoisotopic (exact) mass is 323 g/mol. The summed E-state index contributed by atoms with van der Waals surface area (Å²) in [6.45, 7) is 0.816. The summed E-state index contributed by atoms with van der Waals surface area (Å²) in [5, 5.41) is 0. The lowest BCUT2D eigenvalue weighted by Gasteiger charge is -2.01. The van der Waals surface area contributed by atoms with E-state index in [1.165, 1.54) is 33.6 Å². The zero-order valence-electron chi connectivity index (χ0n) is 13.5. The first-order valence-corrected chi connectivity index (χ1v) is 8.45. The van der Waals surface area contributed by atoms with Gasteiger partial charge in [-0.15, -0.1) is 0 Å². The van der Waals surface area contributed by atoms with Gasteiger partial charge in [-0.05, 0) is 36.4 Å². The molecule has 6 rings (SSSR count). The molecular formula is C21H15N4+. The standard InChI is InChI=1S/C21H15N4/c1-2-7-15(8-3-1)25-19-14-23-12-5-4-10-18(23)20(19)24-13-17-16(21(24)25)9-6-11-22-17/h1-12,14H,13H2/q+1. The summed E-state index contributed by atoms with van der Waals surface area (Å²) in [5.74, 6) is 1.21. The van der Waals surface area contributed by atoms with Crippen molar-refractivity contribution in [3.8, 4) is 17.1 Å². The molecule has 0 saturated heterocycles. The highest BCUT2D eigenvalue weighted by Crippen LogP contribution is 2.34. The summed E-state index contributed by atoms with van der Waals surface area (Å²) >= 11 is 0. The van der Waals surface area contributed by atoms with E-state index in [1.807, 2.05) is 12.3 Å². The highest BCUT2D eigenvalue weighted by molar-refractivity contribution is 5.93. The summed E-state index contributed by atoms with van der Waals surface area (Å²) in [6, 6.07) is 21.1. The van der Waals surface area contributed by atoms with E-state index in [2.05, 4.69) is 85.5 Å². The second-order valence-electron chi connectivity index (χ2n) is 6.43. The average molecular weight is 323 g/mol. The predicted octanol–water partition coefficient (Wildman–Crippen LogP) is 3.59. The highest BCUT2D eigenvalue weighted by atomic mass is 15.2. The van der Waals surface area contributed by atoms with Crippen LogP contribution < -0.4 is 4.57 Å². The van der Waals surface area contributed by atoms with Gasteiger partial charge < -0.3 is 4.40 Å². The lowest BCUT2D eigenvalue weighted by atomic mass is 10.2. The Hall–Kier alpha value is -3.40. The van der Waals surface area contributed by atoms with Crippen LogP contribution in [-0.4, -0.2) is 14.0 Å². The Morgan fingerprint density at radius 3 is 2.68 bits per heavy atom. The fourth-order valence-corrected chi connectivity index (χ4v) is 4.05. The summed E-state index contributed by atoms with van der Waals surface area (Å²) in [6.07, 6.45) is 6.21. The number of para-hydroxylation sites is 1. The Morgan fingerprint density at radius 2 is 1.76 bits per heavy atom. The molecule has 4 aromatic heterocycles. The molecule has 0 radical (unpaired) electrons. The van der Waals surface area contributed by atoms with E-state index in [4.69, 9.17) is 0 Å². The molecule has 0 spiro atoms. The summed E-state index contributed by atoms with van der Waals surface area (Å²) in [7, 11) is 0. The molecule has 0 saturated carbocycles. The predicted molar refractivity (Wildman–Crippen MR) is 96.8 cm³/mol. The van der Waals surface area contributed by atoms with Gasteiger partial charge in [0.05, 0.1) is 23.0 Å². The number of fused-ring (bicyclic) bond motifs is 7. The minimum atomic E-state index is 0.816. The Kier molecular flexibility index (Phi) is 2.37. The molecule has 1 aromatic carbocycles. The van der Waals surface area contributed by atoms with Crippen molar-refractivity contribution in [3.63, 3.8) is 0 Å². The summed E-state index contributed by atoms with van der Waals surface area (Å²) in [4.78, 5) is 4.61. The molecule has 0 aliphatic carbocycles. The fourth-order valence-electron chi connectivity index (χ4n) is 4.05. The van der Waals surface area contributed by atoms with Crippen LogP contribution in [0, 0.1) is 0 Å². The molecule has 0 N–H and O–H groups in total. The molecule has 0 unspecified atom stereocenters. The summed E-state index contributed by atoms with van der Waals surface area (Å²) in [5.41, 5.74) is 7.24. The molecule has 0 bridgehead atoms. The molecule has 5 aromatic rings. The minimum Gasteiger partial charge on any atom is -0.316 e. The van der Waals surface area contributed by atoms with Gasteiger partial charge in [0.1, 0.15) is 12.2 Å². The quantitative estimate of drug-likeness (QED) is 0.425. The van der Waals surface area contributed by atoms with Gasteiger partial charge in [0.15, 0.2) is 5.52 Å². The topological polar surface area (TPSA) is 26.1 Å². The number of pyridine rings is 2. The smallest absolute Gasteiger partial charge is 0.297 e. The van der Waals surface area contributed by atoms with Gasteiger partial charge in [-0.3, -0.25) is 4.98 Å². The Labute approximate surface area is 144 Å². The van der Waals surface area contributed by atoms with E-state index in [-0.39, 0.29) is 0 Å². The molecule has 4 nitrogen and oxygen atoms in total. The third kappa shape index (κ3) is 1.61. The van der Waals surface area contributed by atoms with Crippen molar-refractivity contribution >= 4 is 16.6 Å². The van der Waals surface area contributed by atoms with E-state index in [9.17, 15) is 0 Å². The lowest BCUT2D eigenvalue weighted by molar-refractivity contribution is -0.645. The molecule has 0 fully saturated rings. The molecule has 0 amide bonds. The number of hydrogen-bond acceptors (Lipinski definition) is 1. The molecule has 1 aliphatic rings. The maximum Gasteiger partial charge on any atom is 0.297 e. The van der Waals surface area contributed by atoms with Crippen molar-refractivity contribution in [1.29, 1.82) is 0 Å². The number of benzene rings is 1. The van der Waals surface area contributed by atoms with Crippen LogP contribution in [0.5, 0.6) is 0 Å². The second kappa shape index (κ2) is 4.57. The second-order valence-corrected chi connectivity index (χ2v) is 6.43. The SMILES string of the molecule is c1ccc(-n2c3[n+](c4c2cn2ccccc42)Cc2ncccc2-3)cc1. The van der Waals surface area contributed by atoms with Gasteiger partial charge in [0, 0.05) is 12.4 Å². The molecular weight excluding hydrogens is 308 g/mol. The normalized spacial score (nSPS) is 12.6. The van der Waals surface area contributed by atoms with Crippen molar-refractivity contribution in [2.75, 3.05) is 0 Å². The van der Waals surface area contributed by atoms with E-state index in [1.54, 1.807) is 0 Å². The fraction of sp³-hybridized carbons (Fsp3) is 0.0476. The van der Waals surface area contributed by atoms with Gasteiger partial charge in [0.25, 0.3) is 5.82 Å². The molecule has 25 heavy (non-hydrogen) atoms. The van der Waals surface area contributed by atoms with Crippen LogP contribution in [0.1, 0.15) is 5.69 Å². The maximum absolute atomic E-state index is 4.61. The Bertz CT molecular complexity index is 1260. The maximum atomic E-state index is 4.61.